The van der Waals surface area contributed by atoms with Gasteiger partial charge in [-0.15, -0.1) is 0 Å². The van der Waals surface area contributed by atoms with E-state index in [1.165, 1.54) is 64.2 Å². The Morgan fingerprint density at radius 2 is 0.739 bits per heavy atom. The summed E-state index contributed by atoms with van der Waals surface area (Å²) in [6.07, 6.45) is 35.1. The van der Waals surface area contributed by atoms with Gasteiger partial charge in [-0.2, -0.15) is 0 Å². The first-order valence-electron chi connectivity index (χ1n) is 10.0. The van der Waals surface area contributed by atoms with Gasteiger partial charge in [0.15, 0.2) is 0 Å². The lowest BCUT2D eigenvalue weighted by atomic mass is 10.1. The van der Waals surface area contributed by atoms with Gasteiger partial charge in [0.05, 0.1) is 0 Å². The molecule has 0 fully saturated rings. The first kappa shape index (κ1) is 22.0. The van der Waals surface area contributed by atoms with Gasteiger partial charge in [0.2, 0.25) is 0 Å². The van der Waals surface area contributed by atoms with Crippen LogP contribution in [-0.4, -0.2) is 0 Å². The van der Waals surface area contributed by atoms with Crippen LogP contribution < -0.4 is 0 Å². The van der Waals surface area contributed by atoms with Crippen LogP contribution in [0.4, 0.5) is 0 Å². The maximum atomic E-state index is 2.35. The number of hydrogen-bond acceptors (Lipinski definition) is 0. The van der Waals surface area contributed by atoms with Crippen molar-refractivity contribution in [2.24, 2.45) is 0 Å². The highest BCUT2D eigenvalue weighted by Crippen LogP contribution is 2.10. The van der Waals surface area contributed by atoms with Crippen LogP contribution in [0.2, 0.25) is 0 Å². The molecule has 0 atom stereocenters. The molecule has 0 saturated carbocycles. The Bertz CT molecular complexity index is 317. The largest absolute Gasteiger partial charge is 0.0888 e. The van der Waals surface area contributed by atoms with Crippen LogP contribution in [0, 0.1) is 0 Å². The Balaban J connectivity index is 3.19. The minimum Gasteiger partial charge on any atom is -0.0888 e. The van der Waals surface area contributed by atoms with Gasteiger partial charge < -0.3 is 0 Å². The zero-order valence-corrected chi connectivity index (χ0v) is 15.8. The van der Waals surface area contributed by atoms with E-state index < -0.39 is 0 Å². The summed E-state index contributed by atoms with van der Waals surface area (Å²) in [7, 11) is 0. The molecule has 0 N–H and O–H groups in total. The fraction of sp³-hybridized carbons (Fsp3) is 0.652. The Hall–Kier alpha value is -1.04. The maximum Gasteiger partial charge on any atom is -0.0169 e. The molecule has 0 aliphatic heterocycles. The van der Waals surface area contributed by atoms with Crippen molar-refractivity contribution < 1.29 is 0 Å². The van der Waals surface area contributed by atoms with Gasteiger partial charge >= 0.3 is 0 Å². The summed E-state index contributed by atoms with van der Waals surface area (Å²) in [5.74, 6) is 0. The molecule has 0 radical (unpaired) electrons. The summed E-state index contributed by atoms with van der Waals surface area (Å²) >= 11 is 0. The molecule has 0 amide bonds. The van der Waals surface area contributed by atoms with Gasteiger partial charge in [0.25, 0.3) is 0 Å². The van der Waals surface area contributed by atoms with Crippen molar-refractivity contribution in [3.8, 4) is 0 Å². The lowest BCUT2D eigenvalue weighted by molar-refractivity contribution is 0.583. The second-order valence-electron chi connectivity index (χ2n) is 6.23. The van der Waals surface area contributed by atoms with E-state index in [1.807, 2.05) is 0 Å². The van der Waals surface area contributed by atoms with Crippen LogP contribution in [0.15, 0.2) is 48.6 Å². The topological polar surface area (TPSA) is 0 Å². The molecule has 0 heteroatoms. The highest BCUT2D eigenvalue weighted by Gasteiger charge is 1.90. The molecule has 0 spiro atoms. The highest BCUT2D eigenvalue weighted by molar-refractivity contribution is 4.96. The van der Waals surface area contributed by atoms with Crippen molar-refractivity contribution in [3.05, 3.63) is 48.6 Å². The maximum absolute atomic E-state index is 2.35. The lowest BCUT2D eigenvalue weighted by Gasteiger charge is -2.00. The van der Waals surface area contributed by atoms with Crippen molar-refractivity contribution >= 4 is 0 Å². The lowest BCUT2D eigenvalue weighted by Crippen LogP contribution is -1.80. The van der Waals surface area contributed by atoms with Crippen molar-refractivity contribution in [3.63, 3.8) is 0 Å². The van der Waals surface area contributed by atoms with E-state index in [4.69, 9.17) is 0 Å². The third-order valence-corrected chi connectivity index (χ3v) is 3.92. The second-order valence-corrected chi connectivity index (χ2v) is 6.23. The number of allylic oxidation sites excluding steroid dienone is 8. The summed E-state index contributed by atoms with van der Waals surface area (Å²) < 4.78 is 0. The van der Waals surface area contributed by atoms with E-state index in [0.717, 1.165) is 19.3 Å². The molecule has 0 aromatic rings. The van der Waals surface area contributed by atoms with Crippen LogP contribution >= 0.6 is 0 Å². The zero-order valence-electron chi connectivity index (χ0n) is 15.8. The molecular formula is C23H40. The minimum absolute atomic E-state index is 1.08. The van der Waals surface area contributed by atoms with E-state index >= 15 is 0 Å². The van der Waals surface area contributed by atoms with Gasteiger partial charge in [-0.1, -0.05) is 94.6 Å². The quantitative estimate of drug-likeness (QED) is 0.198. The third kappa shape index (κ3) is 21.0. The summed E-state index contributed by atoms with van der Waals surface area (Å²) in [5, 5.41) is 0. The van der Waals surface area contributed by atoms with Crippen LogP contribution in [-0.2, 0) is 0 Å². The number of rotatable bonds is 16. The first-order valence-corrected chi connectivity index (χ1v) is 10.0. The average molecular weight is 317 g/mol. The molecule has 0 heterocycles. The van der Waals surface area contributed by atoms with E-state index in [2.05, 4.69) is 62.5 Å². The van der Waals surface area contributed by atoms with Gasteiger partial charge in [-0.05, 0) is 51.4 Å². The summed E-state index contributed by atoms with van der Waals surface area (Å²) in [6.45, 7) is 4.38. The number of hydrogen-bond donors (Lipinski definition) is 0. The predicted octanol–water partition coefficient (Wildman–Crippen LogP) is 8.32. The Kier molecular flexibility index (Phi) is 20.0. The van der Waals surface area contributed by atoms with Crippen LogP contribution in [0.3, 0.4) is 0 Å². The molecule has 132 valence electrons. The Morgan fingerprint density at radius 3 is 1.26 bits per heavy atom. The van der Waals surface area contributed by atoms with Crippen LogP contribution in [0.1, 0.15) is 97.3 Å². The van der Waals surface area contributed by atoms with Gasteiger partial charge in [-0.25, -0.2) is 0 Å². The molecule has 0 nitrogen and oxygen atoms in total. The molecule has 0 rings (SSSR count). The van der Waals surface area contributed by atoms with Gasteiger partial charge in [0, 0.05) is 0 Å². The molecule has 0 aliphatic rings. The minimum atomic E-state index is 1.08. The molecule has 0 aliphatic carbocycles. The molecule has 0 bridgehead atoms. The van der Waals surface area contributed by atoms with Crippen LogP contribution in [0.5, 0.6) is 0 Å². The SMILES string of the molecule is CC/C=C\C/C=C\C/C=C\CCCCCCCCC/C=C\CC. The van der Waals surface area contributed by atoms with Crippen molar-refractivity contribution in [1.29, 1.82) is 0 Å². The summed E-state index contributed by atoms with van der Waals surface area (Å²) in [5.41, 5.74) is 0. The number of unbranched alkanes of at least 4 members (excludes halogenated alkanes) is 8. The molecule has 0 aromatic heterocycles. The van der Waals surface area contributed by atoms with E-state index in [9.17, 15) is 0 Å². The highest BCUT2D eigenvalue weighted by atomic mass is 14.0. The molecule has 23 heavy (non-hydrogen) atoms. The molecule has 0 saturated heterocycles. The third-order valence-electron chi connectivity index (χ3n) is 3.92. The fourth-order valence-electron chi connectivity index (χ4n) is 2.52. The van der Waals surface area contributed by atoms with Crippen molar-refractivity contribution in [1.82, 2.24) is 0 Å². The molecule has 0 unspecified atom stereocenters. The summed E-state index contributed by atoms with van der Waals surface area (Å²) in [6, 6.07) is 0. The second kappa shape index (κ2) is 21.0. The van der Waals surface area contributed by atoms with Crippen molar-refractivity contribution in [2.75, 3.05) is 0 Å². The predicted molar refractivity (Wildman–Crippen MR) is 108 cm³/mol. The molecule has 0 aromatic carbocycles. The normalized spacial score (nSPS) is 12.6. The van der Waals surface area contributed by atoms with Gasteiger partial charge in [0.1, 0.15) is 0 Å². The van der Waals surface area contributed by atoms with E-state index in [-0.39, 0.29) is 0 Å². The zero-order chi connectivity index (χ0) is 16.8. The molecular weight excluding hydrogens is 276 g/mol. The van der Waals surface area contributed by atoms with Gasteiger partial charge in [-0.3, -0.25) is 0 Å². The Morgan fingerprint density at radius 1 is 0.391 bits per heavy atom. The van der Waals surface area contributed by atoms with Crippen LogP contribution in [0.25, 0.3) is 0 Å². The Labute approximate surface area is 146 Å². The standard InChI is InChI=1S/C23H40/c1-3-5-7-9-11-13-15-17-19-21-23-22-20-18-16-14-12-10-8-6-4-2/h5-8,11,13,17,19H,3-4,9-10,12,14-16,18,20-23H2,1-2H3/b7-5-,8-6-,13-11-,19-17-. The smallest absolute Gasteiger partial charge is 0.0169 e. The monoisotopic (exact) mass is 316 g/mol. The van der Waals surface area contributed by atoms with Crippen molar-refractivity contribution in [2.45, 2.75) is 97.3 Å². The summed E-state index contributed by atoms with van der Waals surface area (Å²) in [4.78, 5) is 0. The fourth-order valence-corrected chi connectivity index (χ4v) is 2.52. The average Bonchev–Trinajstić information content (AvgIpc) is 2.57. The first-order chi connectivity index (χ1) is 11.4. The van der Waals surface area contributed by atoms with E-state index in [0.29, 0.717) is 0 Å². The van der Waals surface area contributed by atoms with E-state index in [1.54, 1.807) is 0 Å².